The van der Waals surface area contributed by atoms with E-state index in [1.54, 1.807) is 24.5 Å². The molecule has 0 unspecified atom stereocenters. The summed E-state index contributed by atoms with van der Waals surface area (Å²) in [6, 6.07) is 7.59. The predicted octanol–water partition coefficient (Wildman–Crippen LogP) is 2.44. The van der Waals surface area contributed by atoms with E-state index in [1.807, 2.05) is 0 Å². The van der Waals surface area contributed by atoms with Crippen LogP contribution in [0.25, 0.3) is 11.1 Å². The number of ether oxygens (including phenoxy) is 1. The summed E-state index contributed by atoms with van der Waals surface area (Å²) in [6.07, 6.45) is 3.17. The lowest BCUT2D eigenvalue weighted by Gasteiger charge is -2.04. The number of nitro benzene ring substituents is 1. The maximum atomic E-state index is 11.5. The number of aromatic nitrogens is 1. The number of methoxy groups -OCH3 is 1. The summed E-state index contributed by atoms with van der Waals surface area (Å²) in [5, 5.41) is 10.9. The van der Waals surface area contributed by atoms with Crippen LogP contribution in [-0.2, 0) is 4.74 Å². The van der Waals surface area contributed by atoms with Gasteiger partial charge in [0.05, 0.1) is 17.6 Å². The van der Waals surface area contributed by atoms with Gasteiger partial charge < -0.3 is 4.74 Å². The van der Waals surface area contributed by atoms with Gasteiger partial charge in [-0.05, 0) is 17.7 Å². The van der Waals surface area contributed by atoms with Gasteiger partial charge in [0.15, 0.2) is 0 Å². The molecule has 0 spiro atoms. The molecule has 1 heterocycles. The molecule has 0 atom stereocenters. The first kappa shape index (κ1) is 12.7. The number of non-ortho nitro benzene ring substituents is 1. The number of carbonyl (C=O) groups excluding carboxylic acids is 1. The lowest BCUT2D eigenvalue weighted by Crippen LogP contribution is -2.02. The van der Waals surface area contributed by atoms with Crippen molar-refractivity contribution in [1.29, 1.82) is 0 Å². The van der Waals surface area contributed by atoms with Crippen molar-refractivity contribution >= 4 is 11.7 Å². The van der Waals surface area contributed by atoms with Gasteiger partial charge in [-0.1, -0.05) is 6.07 Å². The fourth-order valence-corrected chi connectivity index (χ4v) is 1.65. The average Bonchev–Trinajstić information content (AvgIpc) is 2.46. The Hall–Kier alpha value is -2.76. The Morgan fingerprint density at radius 2 is 2.11 bits per heavy atom. The molecule has 0 saturated carbocycles. The summed E-state index contributed by atoms with van der Waals surface area (Å²) in [6.45, 7) is 0. The summed E-state index contributed by atoms with van der Waals surface area (Å²) >= 11 is 0. The smallest absolute Gasteiger partial charge is 0.338 e. The van der Waals surface area contributed by atoms with Gasteiger partial charge in [-0.2, -0.15) is 0 Å². The molecule has 1 aromatic carbocycles. The van der Waals surface area contributed by atoms with Crippen LogP contribution in [-0.4, -0.2) is 23.0 Å². The molecule has 6 nitrogen and oxygen atoms in total. The maximum absolute atomic E-state index is 11.5. The normalized spacial score (nSPS) is 9.95. The molecule has 0 radical (unpaired) electrons. The Morgan fingerprint density at radius 1 is 1.32 bits per heavy atom. The Kier molecular flexibility index (Phi) is 3.51. The molecule has 6 heteroatoms. The number of pyridine rings is 1. The van der Waals surface area contributed by atoms with Crippen LogP contribution in [0.2, 0.25) is 0 Å². The SMILES string of the molecule is COC(=O)c1cc(-c2cccnc2)cc([N+](=O)[O-])c1. The molecule has 0 aliphatic rings. The van der Waals surface area contributed by atoms with E-state index in [-0.39, 0.29) is 11.3 Å². The van der Waals surface area contributed by atoms with E-state index in [2.05, 4.69) is 9.72 Å². The summed E-state index contributed by atoms with van der Waals surface area (Å²) in [5.41, 5.74) is 1.20. The highest BCUT2D eigenvalue weighted by molar-refractivity contribution is 5.92. The third-order valence-corrected chi connectivity index (χ3v) is 2.54. The highest BCUT2D eigenvalue weighted by Crippen LogP contribution is 2.25. The van der Waals surface area contributed by atoms with Crippen molar-refractivity contribution < 1.29 is 14.5 Å². The van der Waals surface area contributed by atoms with Gasteiger partial charge in [-0.15, -0.1) is 0 Å². The van der Waals surface area contributed by atoms with Gasteiger partial charge >= 0.3 is 5.97 Å². The number of nitrogens with zero attached hydrogens (tertiary/aromatic N) is 2. The highest BCUT2D eigenvalue weighted by Gasteiger charge is 2.15. The van der Waals surface area contributed by atoms with Crippen LogP contribution >= 0.6 is 0 Å². The van der Waals surface area contributed by atoms with Crippen molar-refractivity contribution in [2.45, 2.75) is 0 Å². The second kappa shape index (κ2) is 5.26. The van der Waals surface area contributed by atoms with E-state index in [0.717, 1.165) is 0 Å². The van der Waals surface area contributed by atoms with E-state index in [1.165, 1.54) is 25.3 Å². The summed E-state index contributed by atoms with van der Waals surface area (Å²) in [5.74, 6) is -0.617. The predicted molar refractivity (Wildman–Crippen MR) is 67.7 cm³/mol. The van der Waals surface area contributed by atoms with E-state index in [0.29, 0.717) is 11.1 Å². The second-order valence-corrected chi connectivity index (χ2v) is 3.76. The van der Waals surface area contributed by atoms with Crippen LogP contribution < -0.4 is 0 Å². The summed E-state index contributed by atoms with van der Waals surface area (Å²) in [4.78, 5) is 25.8. The fourth-order valence-electron chi connectivity index (χ4n) is 1.65. The molecule has 0 amide bonds. The first-order valence-corrected chi connectivity index (χ1v) is 5.40. The molecular weight excluding hydrogens is 248 g/mol. The minimum Gasteiger partial charge on any atom is -0.465 e. The van der Waals surface area contributed by atoms with E-state index in [4.69, 9.17) is 0 Å². The fraction of sp³-hybridized carbons (Fsp3) is 0.0769. The third-order valence-electron chi connectivity index (χ3n) is 2.54. The molecule has 1 aromatic heterocycles. The van der Waals surface area contributed by atoms with Crippen molar-refractivity contribution in [3.63, 3.8) is 0 Å². The molecule has 96 valence electrons. The molecule has 19 heavy (non-hydrogen) atoms. The largest absolute Gasteiger partial charge is 0.465 e. The van der Waals surface area contributed by atoms with Crippen LogP contribution in [0.15, 0.2) is 42.7 Å². The second-order valence-electron chi connectivity index (χ2n) is 3.76. The number of rotatable bonds is 3. The Balaban J connectivity index is 2.58. The Bertz CT molecular complexity index is 626. The highest BCUT2D eigenvalue weighted by atomic mass is 16.6. The quantitative estimate of drug-likeness (QED) is 0.479. The Labute approximate surface area is 108 Å². The van der Waals surface area contributed by atoms with Gasteiger partial charge in [-0.3, -0.25) is 15.1 Å². The number of carbonyl (C=O) groups is 1. The first-order chi connectivity index (χ1) is 9.11. The van der Waals surface area contributed by atoms with Crippen molar-refractivity contribution in [3.8, 4) is 11.1 Å². The zero-order valence-corrected chi connectivity index (χ0v) is 10.1. The third kappa shape index (κ3) is 2.74. The van der Waals surface area contributed by atoms with Gasteiger partial charge in [0.1, 0.15) is 0 Å². The minimum atomic E-state index is -0.617. The molecule has 0 bridgehead atoms. The van der Waals surface area contributed by atoms with Gasteiger partial charge in [0.25, 0.3) is 5.69 Å². The number of esters is 1. The van der Waals surface area contributed by atoms with Crippen molar-refractivity contribution in [2.75, 3.05) is 7.11 Å². The lowest BCUT2D eigenvalue weighted by atomic mass is 10.0. The summed E-state index contributed by atoms with van der Waals surface area (Å²) in [7, 11) is 1.23. The number of benzene rings is 1. The lowest BCUT2D eigenvalue weighted by molar-refractivity contribution is -0.384. The minimum absolute atomic E-state index is 0.135. The number of nitro groups is 1. The van der Waals surface area contributed by atoms with Crippen molar-refractivity contribution in [3.05, 3.63) is 58.4 Å². The van der Waals surface area contributed by atoms with Crippen LogP contribution in [0.5, 0.6) is 0 Å². The Morgan fingerprint density at radius 3 is 2.68 bits per heavy atom. The van der Waals surface area contributed by atoms with E-state index < -0.39 is 10.9 Å². The van der Waals surface area contributed by atoms with Crippen molar-refractivity contribution in [1.82, 2.24) is 4.98 Å². The molecule has 0 aliphatic carbocycles. The van der Waals surface area contributed by atoms with Gasteiger partial charge in [-0.25, -0.2) is 4.79 Å². The zero-order valence-electron chi connectivity index (χ0n) is 10.1. The standard InChI is InChI=1S/C13H10N2O4/c1-19-13(16)11-5-10(6-12(7-11)15(17)18)9-3-2-4-14-8-9/h2-8H,1H3. The maximum Gasteiger partial charge on any atom is 0.338 e. The van der Waals surface area contributed by atoms with Crippen LogP contribution in [0, 0.1) is 10.1 Å². The van der Waals surface area contributed by atoms with E-state index in [9.17, 15) is 14.9 Å². The topological polar surface area (TPSA) is 82.3 Å². The zero-order chi connectivity index (χ0) is 13.8. The monoisotopic (exact) mass is 258 g/mol. The van der Waals surface area contributed by atoms with Crippen LogP contribution in [0.3, 0.4) is 0 Å². The summed E-state index contributed by atoms with van der Waals surface area (Å²) < 4.78 is 4.58. The van der Waals surface area contributed by atoms with Gasteiger partial charge in [0, 0.05) is 30.1 Å². The van der Waals surface area contributed by atoms with Gasteiger partial charge in [0.2, 0.25) is 0 Å². The first-order valence-electron chi connectivity index (χ1n) is 5.40. The molecule has 2 aromatic rings. The average molecular weight is 258 g/mol. The van der Waals surface area contributed by atoms with Crippen molar-refractivity contribution in [2.24, 2.45) is 0 Å². The number of hydrogen-bond acceptors (Lipinski definition) is 5. The molecule has 2 rings (SSSR count). The molecule has 0 saturated heterocycles. The van der Waals surface area contributed by atoms with Crippen LogP contribution in [0.4, 0.5) is 5.69 Å². The van der Waals surface area contributed by atoms with E-state index >= 15 is 0 Å². The molecule has 0 aliphatic heterocycles. The number of hydrogen-bond donors (Lipinski definition) is 0. The molecular formula is C13H10N2O4. The molecule has 0 fully saturated rings. The van der Waals surface area contributed by atoms with Crippen LogP contribution in [0.1, 0.15) is 10.4 Å². The molecule has 0 N–H and O–H groups in total.